The van der Waals surface area contributed by atoms with Crippen molar-refractivity contribution in [3.8, 4) is 29.7 Å². The average molecular weight is 397 g/mol. The highest BCUT2D eigenvalue weighted by Gasteiger charge is 2.24. The van der Waals surface area contributed by atoms with Crippen molar-refractivity contribution in [2.75, 3.05) is 18.4 Å². The Morgan fingerprint density at radius 1 is 1.27 bits per heavy atom. The molecule has 0 unspecified atom stereocenters. The zero-order valence-corrected chi connectivity index (χ0v) is 16.7. The van der Waals surface area contributed by atoms with Crippen LogP contribution in [0.25, 0.3) is 22.3 Å². The number of nitrogens with zero attached hydrogens (tertiary/aromatic N) is 2. The number of nitrogens with one attached hydrogen (secondary N) is 3. The third kappa shape index (κ3) is 3.99. The Hall–Kier alpha value is -3.77. The summed E-state index contributed by atoms with van der Waals surface area (Å²) in [4.78, 5) is 19.7. The molecular formula is C24H23N5O. The van der Waals surface area contributed by atoms with Crippen LogP contribution in [0.1, 0.15) is 36.8 Å². The van der Waals surface area contributed by atoms with E-state index in [1.807, 2.05) is 18.2 Å². The van der Waals surface area contributed by atoms with Gasteiger partial charge in [0.2, 0.25) is 5.91 Å². The molecule has 6 nitrogen and oxygen atoms in total. The summed E-state index contributed by atoms with van der Waals surface area (Å²) in [6.07, 6.45) is 11.4. The lowest BCUT2D eigenvalue weighted by atomic mass is 9.85. The van der Waals surface area contributed by atoms with Crippen molar-refractivity contribution in [2.24, 2.45) is 5.92 Å². The van der Waals surface area contributed by atoms with Crippen LogP contribution in [0.2, 0.25) is 0 Å². The Kier molecular flexibility index (Phi) is 5.68. The summed E-state index contributed by atoms with van der Waals surface area (Å²) in [6, 6.07) is 11.5. The van der Waals surface area contributed by atoms with Crippen LogP contribution < -0.4 is 10.6 Å². The number of H-pyrrole nitrogens is 1. The molecule has 1 aromatic carbocycles. The third-order valence-electron chi connectivity index (χ3n) is 5.57. The molecule has 4 rings (SSSR count). The van der Waals surface area contributed by atoms with E-state index in [9.17, 15) is 4.79 Å². The number of pyridine rings is 1. The predicted octanol–water partition coefficient (Wildman–Crippen LogP) is 3.80. The van der Waals surface area contributed by atoms with E-state index in [4.69, 9.17) is 11.7 Å². The minimum atomic E-state index is 0.176. The van der Waals surface area contributed by atoms with Gasteiger partial charge in [-0.05, 0) is 43.0 Å². The zero-order valence-electron chi connectivity index (χ0n) is 16.7. The van der Waals surface area contributed by atoms with Crippen LogP contribution in [0.5, 0.6) is 0 Å². The molecule has 150 valence electrons. The number of carbonyl (C=O) groups is 1. The fourth-order valence-electron chi connectivity index (χ4n) is 3.58. The molecule has 0 radical (unpaired) electrons. The molecule has 6 heteroatoms. The highest BCUT2D eigenvalue weighted by molar-refractivity contribution is 5.96. The number of nitriles is 1. The summed E-state index contributed by atoms with van der Waals surface area (Å²) in [5.41, 5.74) is 4.81. The number of hydrogen-bond donors (Lipinski definition) is 3. The number of amides is 1. The molecule has 3 N–H and O–H groups in total. The fourth-order valence-corrected chi connectivity index (χ4v) is 3.58. The smallest absolute Gasteiger partial charge is 0.223 e. The standard InChI is InChI=1S/C24H23N5O/c1-2-17-15-28-23-20(13-21(29-23)18-9-7-16(14-25)8-10-18)22(17)26-11-4-12-27-24(30)19-5-3-6-19/h1,7-10,13,15,19H,3-6,11-12H2,(H,27,30)(H2,26,28,29). The molecule has 2 aromatic heterocycles. The van der Waals surface area contributed by atoms with Gasteiger partial charge in [-0.2, -0.15) is 5.26 Å². The van der Waals surface area contributed by atoms with E-state index in [-0.39, 0.29) is 11.8 Å². The highest BCUT2D eigenvalue weighted by atomic mass is 16.1. The molecule has 1 fully saturated rings. The van der Waals surface area contributed by atoms with E-state index < -0.39 is 0 Å². The second kappa shape index (κ2) is 8.71. The lowest BCUT2D eigenvalue weighted by Crippen LogP contribution is -2.35. The maximum absolute atomic E-state index is 11.9. The topological polar surface area (TPSA) is 93.6 Å². The Balaban J connectivity index is 1.47. The number of rotatable bonds is 7. The first-order chi connectivity index (χ1) is 14.7. The van der Waals surface area contributed by atoms with Crippen LogP contribution in [0.4, 0.5) is 5.69 Å². The number of fused-ring (bicyclic) bond motifs is 1. The maximum Gasteiger partial charge on any atom is 0.223 e. The van der Waals surface area contributed by atoms with Crippen LogP contribution >= 0.6 is 0 Å². The van der Waals surface area contributed by atoms with Crippen molar-refractivity contribution in [2.45, 2.75) is 25.7 Å². The third-order valence-corrected chi connectivity index (χ3v) is 5.57. The number of aromatic nitrogens is 2. The van der Waals surface area contributed by atoms with Crippen LogP contribution in [0.3, 0.4) is 0 Å². The number of aromatic amines is 1. The van der Waals surface area contributed by atoms with Crippen LogP contribution in [0, 0.1) is 29.6 Å². The fraction of sp³-hybridized carbons (Fsp3) is 0.292. The first-order valence-corrected chi connectivity index (χ1v) is 10.2. The SMILES string of the molecule is C#Cc1cnc2[nH]c(-c3ccc(C#N)cc3)cc2c1NCCCNC(=O)C1CCC1. The van der Waals surface area contributed by atoms with Crippen molar-refractivity contribution < 1.29 is 4.79 Å². The maximum atomic E-state index is 11.9. The van der Waals surface area contributed by atoms with E-state index in [1.165, 1.54) is 0 Å². The molecule has 0 aliphatic heterocycles. The second-order valence-electron chi connectivity index (χ2n) is 7.52. The van der Waals surface area contributed by atoms with Gasteiger partial charge in [-0.3, -0.25) is 4.79 Å². The van der Waals surface area contributed by atoms with E-state index in [1.54, 1.807) is 18.3 Å². The number of carbonyl (C=O) groups excluding carboxylic acids is 1. The second-order valence-corrected chi connectivity index (χ2v) is 7.52. The zero-order chi connectivity index (χ0) is 20.9. The molecule has 0 bridgehead atoms. The minimum Gasteiger partial charge on any atom is -0.383 e. The molecule has 2 heterocycles. The van der Waals surface area contributed by atoms with Crippen molar-refractivity contribution in [3.63, 3.8) is 0 Å². The van der Waals surface area contributed by atoms with Crippen LogP contribution in [-0.4, -0.2) is 29.0 Å². The van der Waals surface area contributed by atoms with Gasteiger partial charge in [0.1, 0.15) is 5.65 Å². The van der Waals surface area contributed by atoms with Gasteiger partial charge in [-0.1, -0.05) is 24.5 Å². The number of terminal acetylenes is 1. The minimum absolute atomic E-state index is 0.176. The number of hydrogen-bond acceptors (Lipinski definition) is 4. The summed E-state index contributed by atoms with van der Waals surface area (Å²) in [5.74, 6) is 3.09. The van der Waals surface area contributed by atoms with Gasteiger partial charge >= 0.3 is 0 Å². The molecule has 1 amide bonds. The molecule has 1 aliphatic carbocycles. The van der Waals surface area contributed by atoms with E-state index in [0.717, 1.165) is 53.7 Å². The Morgan fingerprint density at radius 3 is 2.73 bits per heavy atom. The summed E-state index contributed by atoms with van der Waals surface area (Å²) >= 11 is 0. The largest absolute Gasteiger partial charge is 0.383 e. The van der Waals surface area contributed by atoms with Gasteiger partial charge in [0.25, 0.3) is 0 Å². The normalized spacial score (nSPS) is 13.3. The summed E-state index contributed by atoms with van der Waals surface area (Å²) in [5, 5.41) is 16.3. The van der Waals surface area contributed by atoms with Crippen molar-refractivity contribution in [1.82, 2.24) is 15.3 Å². The summed E-state index contributed by atoms with van der Waals surface area (Å²) in [6.45, 7) is 1.34. The van der Waals surface area contributed by atoms with E-state index in [0.29, 0.717) is 24.2 Å². The molecule has 0 saturated heterocycles. The molecule has 0 atom stereocenters. The van der Waals surface area contributed by atoms with Crippen molar-refractivity contribution in [1.29, 1.82) is 5.26 Å². The van der Waals surface area contributed by atoms with Crippen LogP contribution in [-0.2, 0) is 4.79 Å². The molecule has 0 spiro atoms. The van der Waals surface area contributed by atoms with Crippen molar-refractivity contribution >= 4 is 22.6 Å². The lowest BCUT2D eigenvalue weighted by molar-refractivity contribution is -0.127. The quantitative estimate of drug-likeness (QED) is 0.418. The molecular weight excluding hydrogens is 374 g/mol. The molecule has 3 aromatic rings. The van der Waals surface area contributed by atoms with Crippen LogP contribution in [0.15, 0.2) is 36.5 Å². The predicted molar refractivity (Wildman–Crippen MR) is 118 cm³/mol. The number of benzene rings is 1. The van der Waals surface area contributed by atoms with Gasteiger partial charge in [0.15, 0.2) is 0 Å². The molecule has 30 heavy (non-hydrogen) atoms. The first kappa shape index (κ1) is 19.5. The van der Waals surface area contributed by atoms with Crippen molar-refractivity contribution in [3.05, 3.63) is 47.7 Å². The Morgan fingerprint density at radius 2 is 2.07 bits per heavy atom. The van der Waals surface area contributed by atoms with Gasteiger partial charge in [-0.15, -0.1) is 6.42 Å². The van der Waals surface area contributed by atoms with E-state index in [2.05, 4.69) is 32.6 Å². The van der Waals surface area contributed by atoms with E-state index >= 15 is 0 Å². The lowest BCUT2D eigenvalue weighted by Gasteiger charge is -2.24. The summed E-state index contributed by atoms with van der Waals surface area (Å²) in [7, 11) is 0. The Bertz CT molecular complexity index is 1140. The van der Waals surface area contributed by atoms with Gasteiger partial charge in [-0.25, -0.2) is 4.98 Å². The highest BCUT2D eigenvalue weighted by Crippen LogP contribution is 2.30. The van der Waals surface area contributed by atoms with Gasteiger partial charge in [0.05, 0.1) is 22.9 Å². The molecule has 1 saturated carbocycles. The van der Waals surface area contributed by atoms with Gasteiger partial charge in [0, 0.05) is 36.3 Å². The molecule has 1 aliphatic rings. The van der Waals surface area contributed by atoms with Gasteiger partial charge < -0.3 is 15.6 Å². The first-order valence-electron chi connectivity index (χ1n) is 10.2. The monoisotopic (exact) mass is 397 g/mol. The number of anilines is 1. The summed E-state index contributed by atoms with van der Waals surface area (Å²) < 4.78 is 0. The Labute approximate surface area is 175 Å². The average Bonchev–Trinajstić information content (AvgIpc) is 3.17.